The number of piperidine rings is 1. The second-order valence-corrected chi connectivity index (χ2v) is 8.55. The predicted molar refractivity (Wildman–Crippen MR) is 118 cm³/mol. The van der Waals surface area contributed by atoms with Gasteiger partial charge in [-0.2, -0.15) is 0 Å². The quantitative estimate of drug-likeness (QED) is 0.358. The number of hydrogen-bond donors (Lipinski definition) is 0. The molecule has 0 unspecified atom stereocenters. The number of benzene rings is 2. The molecule has 5 rings (SSSR count). The van der Waals surface area contributed by atoms with E-state index in [0.29, 0.717) is 11.8 Å². The topological polar surface area (TPSA) is 50.5 Å². The number of fused-ring (bicyclic) bond motifs is 5. The van der Waals surface area contributed by atoms with Gasteiger partial charge in [-0.1, -0.05) is 43.0 Å². The predicted octanol–water partition coefficient (Wildman–Crippen LogP) is 4.92. The van der Waals surface area contributed by atoms with Gasteiger partial charge in [-0.25, -0.2) is 9.97 Å². The molecular weight excluding hydrogens is 380 g/mol. The van der Waals surface area contributed by atoms with Crippen molar-refractivity contribution >= 4 is 45.3 Å². The van der Waals surface area contributed by atoms with Crippen LogP contribution < -0.4 is 0 Å². The van der Waals surface area contributed by atoms with Crippen molar-refractivity contribution in [1.29, 1.82) is 0 Å². The van der Waals surface area contributed by atoms with E-state index >= 15 is 0 Å². The van der Waals surface area contributed by atoms with Crippen LogP contribution in [0.25, 0.3) is 27.6 Å². The third kappa shape index (κ3) is 3.25. The number of thioether (sulfide) groups is 1. The summed E-state index contributed by atoms with van der Waals surface area (Å²) in [7, 11) is 0. The summed E-state index contributed by atoms with van der Waals surface area (Å²) in [4.78, 5) is 24.8. The first-order valence-corrected chi connectivity index (χ1v) is 11.3. The highest BCUT2D eigenvalue weighted by Gasteiger charge is 2.25. The van der Waals surface area contributed by atoms with Crippen LogP contribution in [0.3, 0.4) is 0 Å². The zero-order chi connectivity index (χ0) is 19.8. The third-order valence-corrected chi connectivity index (χ3v) is 6.78. The lowest BCUT2D eigenvalue weighted by atomic mass is 10.0. The Morgan fingerprint density at radius 1 is 1.07 bits per heavy atom. The molecule has 0 radical (unpaired) electrons. The molecule has 1 fully saturated rings. The van der Waals surface area contributed by atoms with E-state index in [9.17, 15) is 4.79 Å². The average Bonchev–Trinajstić information content (AvgIpc) is 3.17. The number of rotatable bonds is 4. The normalized spacial score (nSPS) is 17.4. The molecule has 6 heteroatoms. The van der Waals surface area contributed by atoms with Crippen LogP contribution in [-0.2, 0) is 4.79 Å². The molecule has 1 atom stereocenters. The molecule has 5 nitrogen and oxygen atoms in total. The number of amides is 1. The van der Waals surface area contributed by atoms with Gasteiger partial charge in [-0.15, -0.1) is 0 Å². The lowest BCUT2D eigenvalue weighted by Crippen LogP contribution is -2.44. The molecule has 29 heavy (non-hydrogen) atoms. The number of imidazole rings is 1. The van der Waals surface area contributed by atoms with Crippen LogP contribution in [-0.4, -0.2) is 43.5 Å². The fraction of sp³-hybridized carbons (Fsp3) is 0.348. The fourth-order valence-corrected chi connectivity index (χ4v) is 5.27. The highest BCUT2D eigenvalue weighted by molar-refractivity contribution is 7.99. The van der Waals surface area contributed by atoms with Gasteiger partial charge in [0.25, 0.3) is 0 Å². The third-order valence-electron chi connectivity index (χ3n) is 5.86. The summed E-state index contributed by atoms with van der Waals surface area (Å²) in [5.41, 5.74) is 3.78. The van der Waals surface area contributed by atoms with E-state index in [1.54, 1.807) is 0 Å². The molecule has 1 saturated heterocycles. The van der Waals surface area contributed by atoms with Crippen LogP contribution in [0.5, 0.6) is 0 Å². The number of nitrogens with zero attached hydrogens (tertiary/aromatic N) is 4. The molecule has 1 amide bonds. The minimum Gasteiger partial charge on any atom is -0.339 e. The molecule has 0 bridgehead atoms. The van der Waals surface area contributed by atoms with Crippen molar-refractivity contribution in [3.05, 3.63) is 48.5 Å². The minimum atomic E-state index is 0.217. The summed E-state index contributed by atoms with van der Waals surface area (Å²) in [5.74, 6) is 0.623. The molecule has 148 valence electrons. The van der Waals surface area contributed by atoms with E-state index in [4.69, 9.17) is 9.97 Å². The van der Waals surface area contributed by atoms with Crippen molar-refractivity contribution in [3.63, 3.8) is 0 Å². The van der Waals surface area contributed by atoms with E-state index in [2.05, 4.69) is 28.4 Å². The Kier molecular flexibility index (Phi) is 4.87. The first-order chi connectivity index (χ1) is 14.3. The smallest absolute Gasteiger partial charge is 0.233 e. The Morgan fingerprint density at radius 2 is 1.86 bits per heavy atom. The van der Waals surface area contributed by atoms with Crippen LogP contribution in [0.1, 0.15) is 32.6 Å². The Balaban J connectivity index is 1.54. The zero-order valence-corrected chi connectivity index (χ0v) is 17.4. The van der Waals surface area contributed by atoms with Gasteiger partial charge >= 0.3 is 0 Å². The Bertz CT molecular complexity index is 1200. The highest BCUT2D eigenvalue weighted by atomic mass is 32.2. The number of carbonyl (C=O) groups is 1. The van der Waals surface area contributed by atoms with Crippen molar-refractivity contribution in [2.45, 2.75) is 43.8 Å². The van der Waals surface area contributed by atoms with Gasteiger partial charge in [0, 0.05) is 18.0 Å². The van der Waals surface area contributed by atoms with Crippen LogP contribution in [0.4, 0.5) is 0 Å². The fourth-order valence-electron chi connectivity index (χ4n) is 4.37. The van der Waals surface area contributed by atoms with Crippen molar-refractivity contribution in [2.24, 2.45) is 0 Å². The van der Waals surface area contributed by atoms with E-state index < -0.39 is 0 Å². The number of carbonyl (C=O) groups excluding carboxylic acids is 1. The molecule has 0 aliphatic carbocycles. The molecule has 2 aromatic carbocycles. The van der Waals surface area contributed by atoms with Crippen molar-refractivity contribution in [3.8, 4) is 0 Å². The summed E-state index contributed by atoms with van der Waals surface area (Å²) < 4.78 is 2.10. The molecule has 0 spiro atoms. The Hall–Kier alpha value is -2.60. The van der Waals surface area contributed by atoms with E-state index in [0.717, 1.165) is 58.5 Å². The maximum atomic E-state index is 13.0. The molecule has 1 aliphatic heterocycles. The second-order valence-electron chi connectivity index (χ2n) is 7.60. The lowest BCUT2D eigenvalue weighted by molar-refractivity contribution is -0.132. The largest absolute Gasteiger partial charge is 0.339 e. The number of likely N-dealkylation sites (tertiary alicyclic amines) is 1. The van der Waals surface area contributed by atoms with Gasteiger partial charge in [-0.3, -0.25) is 9.20 Å². The molecule has 0 saturated carbocycles. The summed E-state index contributed by atoms with van der Waals surface area (Å²) in [6.45, 7) is 3.06. The lowest BCUT2D eigenvalue weighted by Gasteiger charge is -2.35. The molecular formula is C23H24N4OS. The van der Waals surface area contributed by atoms with Crippen molar-refractivity contribution < 1.29 is 4.79 Å². The number of aromatic nitrogens is 3. The maximum absolute atomic E-state index is 13.0. The molecule has 0 N–H and O–H groups in total. The zero-order valence-electron chi connectivity index (χ0n) is 16.5. The van der Waals surface area contributed by atoms with Crippen molar-refractivity contribution in [2.75, 3.05) is 12.3 Å². The van der Waals surface area contributed by atoms with Gasteiger partial charge < -0.3 is 4.90 Å². The second kappa shape index (κ2) is 7.67. The van der Waals surface area contributed by atoms with Crippen LogP contribution >= 0.6 is 11.8 Å². The molecule has 2 aromatic heterocycles. The maximum Gasteiger partial charge on any atom is 0.233 e. The van der Waals surface area contributed by atoms with Gasteiger partial charge in [0.05, 0.1) is 22.3 Å². The van der Waals surface area contributed by atoms with Crippen LogP contribution in [0.15, 0.2) is 53.7 Å². The van der Waals surface area contributed by atoms with Crippen molar-refractivity contribution in [1.82, 2.24) is 19.3 Å². The molecule has 4 aromatic rings. The SMILES string of the molecule is CC[C@@H]1CCCCN1C(=O)CSc1nc2ccccc2c2nc3ccccc3n12. The summed E-state index contributed by atoms with van der Waals surface area (Å²) in [6, 6.07) is 16.6. The van der Waals surface area contributed by atoms with Crippen LogP contribution in [0, 0.1) is 0 Å². The minimum absolute atomic E-state index is 0.217. The first-order valence-electron chi connectivity index (χ1n) is 10.3. The number of para-hydroxylation sites is 3. The summed E-state index contributed by atoms with van der Waals surface area (Å²) in [5, 5.41) is 1.85. The van der Waals surface area contributed by atoms with Gasteiger partial charge in [0.15, 0.2) is 5.16 Å². The monoisotopic (exact) mass is 404 g/mol. The van der Waals surface area contributed by atoms with Gasteiger partial charge in [-0.05, 0) is 49.9 Å². The van der Waals surface area contributed by atoms with Gasteiger partial charge in [0.2, 0.25) is 5.91 Å². The first kappa shape index (κ1) is 18.4. The summed E-state index contributed by atoms with van der Waals surface area (Å²) in [6.07, 6.45) is 4.49. The van der Waals surface area contributed by atoms with E-state index in [1.165, 1.54) is 18.2 Å². The van der Waals surface area contributed by atoms with E-state index in [-0.39, 0.29) is 5.91 Å². The average molecular weight is 405 g/mol. The standard InChI is InChI=1S/C23H24N4OS/c1-2-16-9-7-8-14-26(16)21(28)15-29-23-25-18-11-4-3-10-17(18)22-24-19-12-5-6-13-20(19)27(22)23/h3-6,10-13,16H,2,7-9,14-15H2,1H3/t16-/m1/s1. The highest BCUT2D eigenvalue weighted by Crippen LogP contribution is 2.29. The molecule has 3 heterocycles. The van der Waals surface area contributed by atoms with E-state index in [1.807, 2.05) is 36.4 Å². The number of hydrogen-bond acceptors (Lipinski definition) is 4. The van der Waals surface area contributed by atoms with Gasteiger partial charge in [0.1, 0.15) is 5.65 Å². The summed E-state index contributed by atoms with van der Waals surface area (Å²) >= 11 is 1.52. The Morgan fingerprint density at radius 3 is 2.72 bits per heavy atom. The van der Waals surface area contributed by atoms with Crippen LogP contribution in [0.2, 0.25) is 0 Å². The molecule has 1 aliphatic rings. The Labute approximate surface area is 174 Å².